The molecule has 0 amide bonds. The van der Waals surface area contributed by atoms with Crippen LogP contribution in [0.5, 0.6) is 0 Å². The van der Waals surface area contributed by atoms with Crippen LogP contribution in [0.4, 0.5) is 0 Å². The lowest BCUT2D eigenvalue weighted by molar-refractivity contribution is 0.594. The lowest BCUT2D eigenvalue weighted by atomic mass is 9.97. The van der Waals surface area contributed by atoms with Gasteiger partial charge in [0.1, 0.15) is 4.83 Å². The molecule has 1 aliphatic carbocycles. The first-order valence-corrected chi connectivity index (χ1v) is 12.8. The van der Waals surface area contributed by atoms with Gasteiger partial charge in [-0.3, -0.25) is 9.36 Å². The predicted molar refractivity (Wildman–Crippen MR) is 126 cm³/mol. The zero-order chi connectivity index (χ0) is 20.1. The number of thioether (sulfide) groups is 1. The van der Waals surface area contributed by atoms with E-state index in [9.17, 15) is 4.79 Å². The van der Waals surface area contributed by atoms with Gasteiger partial charge >= 0.3 is 0 Å². The van der Waals surface area contributed by atoms with Gasteiger partial charge in [0.15, 0.2) is 5.16 Å². The summed E-state index contributed by atoms with van der Waals surface area (Å²) < 4.78 is 1.96. The van der Waals surface area contributed by atoms with Crippen LogP contribution in [0, 0.1) is 0 Å². The van der Waals surface area contributed by atoms with E-state index in [1.807, 2.05) is 10.6 Å². The van der Waals surface area contributed by atoms with Crippen molar-refractivity contribution in [2.24, 2.45) is 0 Å². The van der Waals surface area contributed by atoms with E-state index in [0.717, 1.165) is 40.4 Å². The highest BCUT2D eigenvalue weighted by Gasteiger charge is 2.22. The van der Waals surface area contributed by atoms with Gasteiger partial charge in [0.05, 0.1) is 5.39 Å². The van der Waals surface area contributed by atoms with E-state index in [-0.39, 0.29) is 5.56 Å². The molecule has 5 heteroatoms. The van der Waals surface area contributed by atoms with Crippen LogP contribution in [0.2, 0.25) is 0 Å². The molecule has 1 aliphatic rings. The minimum absolute atomic E-state index is 0.182. The number of rotatable bonds is 9. The molecule has 3 aromatic rings. The normalized spacial score (nSPS) is 13.7. The minimum atomic E-state index is 0.182. The smallest absolute Gasteiger partial charge is 0.263 e. The first-order valence-electron chi connectivity index (χ1n) is 11.0. The number of benzene rings is 1. The summed E-state index contributed by atoms with van der Waals surface area (Å²) in [6.07, 6.45) is 10.4. The van der Waals surface area contributed by atoms with Gasteiger partial charge in [-0.25, -0.2) is 4.98 Å². The molecular weight excluding hydrogens is 396 g/mol. The van der Waals surface area contributed by atoms with Gasteiger partial charge in [-0.15, -0.1) is 11.3 Å². The highest BCUT2D eigenvalue weighted by Crippen LogP contribution is 2.34. The molecule has 2 heterocycles. The molecule has 3 nitrogen and oxygen atoms in total. The largest absolute Gasteiger partial charge is 0.287 e. The fraction of sp³-hybridized carbons (Fsp3) is 0.500. The van der Waals surface area contributed by atoms with Gasteiger partial charge in [-0.2, -0.15) is 0 Å². The van der Waals surface area contributed by atoms with Crippen LogP contribution < -0.4 is 5.56 Å². The van der Waals surface area contributed by atoms with Crippen molar-refractivity contribution >= 4 is 33.3 Å². The Morgan fingerprint density at radius 1 is 1.10 bits per heavy atom. The Bertz CT molecular complexity index is 1010. The molecule has 0 bridgehead atoms. The molecule has 0 aliphatic heterocycles. The van der Waals surface area contributed by atoms with Gasteiger partial charge in [-0.05, 0) is 49.7 Å². The molecule has 0 spiro atoms. The Kier molecular flexibility index (Phi) is 7.09. The zero-order valence-electron chi connectivity index (χ0n) is 17.3. The molecular formula is C24H30N2OS2. The van der Waals surface area contributed by atoms with Crippen LogP contribution >= 0.6 is 23.1 Å². The molecule has 0 unspecified atom stereocenters. The van der Waals surface area contributed by atoms with Crippen molar-refractivity contribution < 1.29 is 0 Å². The van der Waals surface area contributed by atoms with Crippen molar-refractivity contribution in [2.45, 2.75) is 76.4 Å². The maximum Gasteiger partial charge on any atom is 0.263 e. The summed E-state index contributed by atoms with van der Waals surface area (Å²) >= 11 is 3.53. The summed E-state index contributed by atoms with van der Waals surface area (Å²) in [7, 11) is 0. The first-order chi connectivity index (χ1) is 14.3. The van der Waals surface area contributed by atoms with Crippen molar-refractivity contribution in [1.29, 1.82) is 0 Å². The molecule has 2 aromatic heterocycles. The average molecular weight is 427 g/mol. The summed E-state index contributed by atoms with van der Waals surface area (Å²) in [5.41, 5.74) is 2.74. The van der Waals surface area contributed by atoms with Crippen LogP contribution in [-0.4, -0.2) is 15.3 Å². The third-order valence-electron chi connectivity index (χ3n) is 5.74. The van der Waals surface area contributed by atoms with Crippen LogP contribution in [0.3, 0.4) is 0 Å². The molecule has 0 N–H and O–H groups in total. The van der Waals surface area contributed by atoms with Gasteiger partial charge in [0.2, 0.25) is 0 Å². The number of hydrogen-bond donors (Lipinski definition) is 0. The first kappa shape index (κ1) is 20.7. The van der Waals surface area contributed by atoms with Crippen molar-refractivity contribution in [3.05, 3.63) is 56.7 Å². The molecule has 0 radical (unpaired) electrons. The fourth-order valence-electron chi connectivity index (χ4n) is 4.11. The maximum absolute atomic E-state index is 13.6. The Labute approximate surface area is 181 Å². The number of hydrogen-bond acceptors (Lipinski definition) is 4. The second-order valence-electron chi connectivity index (χ2n) is 7.89. The standard InChI is InChI=1S/C24H30N2OS2/c1-2-3-4-10-17-28-24-25-22-21(19-13-8-9-14-20(19)29-22)23(27)26(24)16-15-18-11-6-5-7-12-18/h5-7,11-12H,2-4,8-10,13-17H2,1H3. The second-order valence-corrected chi connectivity index (χ2v) is 10.0. The highest BCUT2D eigenvalue weighted by molar-refractivity contribution is 7.99. The fourth-order valence-corrected chi connectivity index (χ4v) is 6.43. The monoisotopic (exact) mass is 426 g/mol. The third kappa shape index (κ3) is 4.77. The van der Waals surface area contributed by atoms with Crippen molar-refractivity contribution in [3.63, 3.8) is 0 Å². The van der Waals surface area contributed by atoms with Crippen LogP contribution in [0.25, 0.3) is 10.2 Å². The molecule has 1 aromatic carbocycles. The van der Waals surface area contributed by atoms with E-state index >= 15 is 0 Å². The Morgan fingerprint density at radius 3 is 2.76 bits per heavy atom. The van der Waals surface area contributed by atoms with Crippen molar-refractivity contribution in [1.82, 2.24) is 9.55 Å². The van der Waals surface area contributed by atoms with Gasteiger partial charge in [-0.1, -0.05) is 68.3 Å². The molecule has 0 saturated heterocycles. The van der Waals surface area contributed by atoms with Crippen molar-refractivity contribution in [3.8, 4) is 0 Å². The lowest BCUT2D eigenvalue weighted by Crippen LogP contribution is -2.25. The Morgan fingerprint density at radius 2 is 1.93 bits per heavy atom. The summed E-state index contributed by atoms with van der Waals surface area (Å²) in [5.74, 6) is 1.04. The van der Waals surface area contributed by atoms with E-state index in [1.165, 1.54) is 54.5 Å². The van der Waals surface area contributed by atoms with E-state index in [0.29, 0.717) is 6.54 Å². The third-order valence-corrected chi connectivity index (χ3v) is 7.98. The SMILES string of the molecule is CCCCCCSc1nc2sc3c(c2c(=O)n1CCc1ccccc1)CCCC3. The summed E-state index contributed by atoms with van der Waals surface area (Å²) in [5, 5.41) is 1.82. The molecule has 154 valence electrons. The molecule has 0 fully saturated rings. The van der Waals surface area contributed by atoms with E-state index in [1.54, 1.807) is 23.1 Å². The number of fused-ring (bicyclic) bond motifs is 3. The zero-order valence-corrected chi connectivity index (χ0v) is 18.9. The maximum atomic E-state index is 13.6. The average Bonchev–Trinajstić information content (AvgIpc) is 3.12. The second kappa shape index (κ2) is 9.94. The number of nitrogens with zero attached hydrogens (tertiary/aromatic N) is 2. The predicted octanol–water partition coefficient (Wildman–Crippen LogP) is 6.25. The van der Waals surface area contributed by atoms with Gasteiger partial charge in [0.25, 0.3) is 5.56 Å². The summed E-state index contributed by atoms with van der Waals surface area (Å²) in [6, 6.07) is 10.5. The van der Waals surface area contributed by atoms with Crippen molar-refractivity contribution in [2.75, 3.05) is 5.75 Å². The van der Waals surface area contributed by atoms with Crippen LogP contribution in [0.1, 0.15) is 61.5 Å². The Hall–Kier alpha value is -1.59. The lowest BCUT2D eigenvalue weighted by Gasteiger charge is -2.13. The molecule has 0 atom stereocenters. The Balaban J connectivity index is 1.65. The van der Waals surface area contributed by atoms with Crippen LogP contribution in [0.15, 0.2) is 40.3 Å². The van der Waals surface area contributed by atoms with Gasteiger partial charge in [0, 0.05) is 17.2 Å². The van der Waals surface area contributed by atoms with E-state index in [4.69, 9.17) is 4.98 Å². The van der Waals surface area contributed by atoms with E-state index in [2.05, 4.69) is 31.2 Å². The number of thiophene rings is 1. The molecule has 4 rings (SSSR count). The summed E-state index contributed by atoms with van der Waals surface area (Å²) in [4.78, 5) is 20.9. The quantitative estimate of drug-likeness (QED) is 0.230. The topological polar surface area (TPSA) is 34.9 Å². The number of aromatic nitrogens is 2. The highest BCUT2D eigenvalue weighted by atomic mass is 32.2. The summed E-state index contributed by atoms with van der Waals surface area (Å²) in [6.45, 7) is 2.94. The number of unbranched alkanes of at least 4 members (excludes halogenated alkanes) is 3. The minimum Gasteiger partial charge on any atom is -0.287 e. The number of aryl methyl sites for hydroxylation is 3. The van der Waals surface area contributed by atoms with Crippen LogP contribution in [-0.2, 0) is 25.8 Å². The van der Waals surface area contributed by atoms with E-state index < -0.39 is 0 Å². The molecule has 29 heavy (non-hydrogen) atoms. The van der Waals surface area contributed by atoms with Gasteiger partial charge < -0.3 is 0 Å². The molecule has 0 saturated carbocycles.